The van der Waals surface area contributed by atoms with Crippen molar-refractivity contribution in [2.75, 3.05) is 20.3 Å². The van der Waals surface area contributed by atoms with Gasteiger partial charge in [-0.1, -0.05) is 30.3 Å². The van der Waals surface area contributed by atoms with Gasteiger partial charge in [-0.3, -0.25) is 4.79 Å². The van der Waals surface area contributed by atoms with Crippen LogP contribution in [0.15, 0.2) is 59.4 Å². The Morgan fingerprint density at radius 2 is 2.10 bits per heavy atom. The van der Waals surface area contributed by atoms with Crippen LogP contribution in [0.4, 0.5) is 0 Å². The molecule has 0 spiro atoms. The zero-order chi connectivity index (χ0) is 21.6. The molecule has 2 aromatic carbocycles. The number of fused-ring (bicyclic) bond motifs is 1. The molecule has 1 atom stereocenters. The van der Waals surface area contributed by atoms with E-state index in [9.17, 15) is 4.79 Å². The molecule has 1 aliphatic rings. The van der Waals surface area contributed by atoms with E-state index >= 15 is 0 Å². The first-order chi connectivity index (χ1) is 15.1. The van der Waals surface area contributed by atoms with Crippen molar-refractivity contribution < 1.29 is 9.47 Å². The lowest BCUT2D eigenvalue weighted by Gasteiger charge is -2.28. The maximum absolute atomic E-state index is 12.8. The van der Waals surface area contributed by atoms with Crippen LogP contribution in [0.25, 0.3) is 10.9 Å². The normalized spacial score (nSPS) is 15.7. The average molecular weight is 438 g/mol. The van der Waals surface area contributed by atoms with E-state index in [2.05, 4.69) is 22.4 Å². The van der Waals surface area contributed by atoms with Crippen molar-refractivity contribution in [2.24, 2.45) is 0 Å². The number of thiocarbonyl (C=S) groups is 1. The number of H-pyrrole nitrogens is 1. The van der Waals surface area contributed by atoms with Crippen molar-refractivity contribution in [2.45, 2.75) is 32.0 Å². The lowest BCUT2D eigenvalue weighted by molar-refractivity contribution is 0.0896. The van der Waals surface area contributed by atoms with Crippen LogP contribution >= 0.6 is 12.2 Å². The Morgan fingerprint density at radius 1 is 1.26 bits per heavy atom. The van der Waals surface area contributed by atoms with Crippen LogP contribution in [0.1, 0.15) is 24.0 Å². The van der Waals surface area contributed by atoms with Gasteiger partial charge in [0.25, 0.3) is 5.56 Å². The Morgan fingerprint density at radius 3 is 2.84 bits per heavy atom. The van der Waals surface area contributed by atoms with E-state index in [1.165, 1.54) is 0 Å². The highest BCUT2D eigenvalue weighted by molar-refractivity contribution is 7.80. The number of hydrogen-bond donors (Lipinski definition) is 2. The van der Waals surface area contributed by atoms with Crippen LogP contribution in [0, 0.1) is 0 Å². The van der Waals surface area contributed by atoms with Gasteiger partial charge < -0.3 is 24.7 Å². The summed E-state index contributed by atoms with van der Waals surface area (Å²) in [6, 6.07) is 17.7. The second kappa shape index (κ2) is 9.94. The number of pyridine rings is 1. The minimum Gasteiger partial charge on any atom is -0.497 e. The lowest BCUT2D eigenvalue weighted by atomic mass is 10.1. The fourth-order valence-electron chi connectivity index (χ4n) is 3.82. The number of ether oxygens (including phenoxy) is 2. The van der Waals surface area contributed by atoms with Crippen LogP contribution in [0.2, 0.25) is 0 Å². The van der Waals surface area contributed by atoms with E-state index in [4.69, 9.17) is 21.7 Å². The van der Waals surface area contributed by atoms with E-state index < -0.39 is 0 Å². The Hall–Kier alpha value is -2.90. The standard InChI is InChI=1S/C24H27N3O3S/c1-29-20-9-10-22-18(13-20)12-19(23(28)26-22)15-27(16-21-8-5-11-30-21)24(31)25-14-17-6-3-2-4-7-17/h2-4,6-7,9-10,12-13,21H,5,8,11,14-16H2,1H3,(H,25,31)(H,26,28). The van der Waals surface area contributed by atoms with Crippen LogP contribution in [-0.2, 0) is 17.8 Å². The predicted molar refractivity (Wildman–Crippen MR) is 126 cm³/mol. The molecule has 7 heteroatoms. The summed E-state index contributed by atoms with van der Waals surface area (Å²) in [5.41, 5.74) is 2.48. The molecule has 0 aliphatic carbocycles. The van der Waals surface area contributed by atoms with E-state index in [0.29, 0.717) is 30.3 Å². The molecule has 0 amide bonds. The van der Waals surface area contributed by atoms with Crippen LogP contribution in [0.3, 0.4) is 0 Å². The lowest BCUT2D eigenvalue weighted by Crippen LogP contribution is -2.43. The summed E-state index contributed by atoms with van der Waals surface area (Å²) in [6.45, 7) is 2.46. The predicted octanol–water partition coefficient (Wildman–Crippen LogP) is 3.59. The second-order valence-electron chi connectivity index (χ2n) is 7.74. The highest BCUT2D eigenvalue weighted by Crippen LogP contribution is 2.20. The van der Waals surface area contributed by atoms with Crippen molar-refractivity contribution in [3.63, 3.8) is 0 Å². The van der Waals surface area contributed by atoms with E-state index in [1.54, 1.807) is 7.11 Å². The fraction of sp³-hybridized carbons (Fsp3) is 0.333. The molecular weight excluding hydrogens is 410 g/mol. The summed E-state index contributed by atoms with van der Waals surface area (Å²) < 4.78 is 11.2. The Labute approximate surface area is 187 Å². The maximum atomic E-state index is 12.8. The number of nitrogens with zero attached hydrogens (tertiary/aromatic N) is 1. The molecule has 1 aromatic heterocycles. The van der Waals surface area contributed by atoms with Gasteiger partial charge in [0.05, 0.1) is 19.8 Å². The summed E-state index contributed by atoms with van der Waals surface area (Å²) in [6.07, 6.45) is 2.18. The quantitative estimate of drug-likeness (QED) is 0.551. The third-order valence-electron chi connectivity index (χ3n) is 5.51. The van der Waals surface area contributed by atoms with Crippen molar-refractivity contribution in [3.05, 3.63) is 76.1 Å². The Balaban J connectivity index is 1.55. The van der Waals surface area contributed by atoms with Crippen molar-refractivity contribution >= 4 is 28.2 Å². The minimum atomic E-state index is -0.110. The van der Waals surface area contributed by atoms with Gasteiger partial charge in [0, 0.05) is 36.2 Å². The van der Waals surface area contributed by atoms with Gasteiger partial charge in [-0.15, -0.1) is 0 Å². The summed E-state index contributed by atoms with van der Waals surface area (Å²) in [7, 11) is 1.63. The number of rotatable bonds is 7. The van der Waals surface area contributed by atoms with Crippen molar-refractivity contribution in [1.82, 2.24) is 15.2 Å². The average Bonchev–Trinajstić information content (AvgIpc) is 3.31. The molecule has 1 saturated heterocycles. The van der Waals surface area contributed by atoms with Crippen LogP contribution in [0.5, 0.6) is 5.75 Å². The molecule has 3 aromatic rings. The molecular formula is C24H27N3O3S. The number of methoxy groups -OCH3 is 1. The summed E-state index contributed by atoms with van der Waals surface area (Å²) >= 11 is 5.71. The molecule has 1 fully saturated rings. The van der Waals surface area contributed by atoms with Gasteiger partial charge in [-0.25, -0.2) is 0 Å². The second-order valence-corrected chi connectivity index (χ2v) is 8.12. The van der Waals surface area contributed by atoms with Gasteiger partial charge in [0.15, 0.2) is 5.11 Å². The molecule has 0 radical (unpaired) electrons. The number of hydrogen-bond acceptors (Lipinski definition) is 4. The van der Waals surface area contributed by atoms with E-state index in [0.717, 1.165) is 41.7 Å². The first kappa shape index (κ1) is 21.3. The van der Waals surface area contributed by atoms with Crippen LogP contribution < -0.4 is 15.6 Å². The molecule has 0 bridgehead atoms. The van der Waals surface area contributed by atoms with Gasteiger partial charge >= 0.3 is 0 Å². The Kier molecular flexibility index (Phi) is 6.84. The highest BCUT2D eigenvalue weighted by Gasteiger charge is 2.22. The monoisotopic (exact) mass is 437 g/mol. The SMILES string of the molecule is COc1ccc2[nH]c(=O)c(CN(CC3CCCO3)C(=S)NCc3ccccc3)cc2c1. The molecule has 31 heavy (non-hydrogen) atoms. The Bertz CT molecular complexity index is 1090. The maximum Gasteiger partial charge on any atom is 0.253 e. The molecule has 1 aliphatic heterocycles. The van der Waals surface area contributed by atoms with Gasteiger partial charge in [0.2, 0.25) is 0 Å². The number of nitrogens with one attached hydrogen (secondary N) is 2. The van der Waals surface area contributed by atoms with Crippen molar-refractivity contribution in [1.29, 1.82) is 0 Å². The summed E-state index contributed by atoms with van der Waals surface area (Å²) in [5, 5.41) is 4.88. The van der Waals surface area contributed by atoms with E-state index in [1.807, 2.05) is 47.4 Å². The number of aromatic nitrogens is 1. The smallest absolute Gasteiger partial charge is 0.253 e. The van der Waals surface area contributed by atoms with Gasteiger partial charge in [-0.2, -0.15) is 0 Å². The van der Waals surface area contributed by atoms with Gasteiger partial charge in [-0.05, 0) is 54.9 Å². The first-order valence-corrected chi connectivity index (χ1v) is 10.9. The zero-order valence-electron chi connectivity index (χ0n) is 17.6. The largest absolute Gasteiger partial charge is 0.497 e. The molecule has 0 saturated carbocycles. The van der Waals surface area contributed by atoms with Gasteiger partial charge in [0.1, 0.15) is 5.75 Å². The molecule has 4 rings (SSSR count). The van der Waals surface area contributed by atoms with Crippen molar-refractivity contribution in [3.8, 4) is 5.75 Å². The molecule has 162 valence electrons. The molecule has 6 nitrogen and oxygen atoms in total. The first-order valence-electron chi connectivity index (χ1n) is 10.5. The summed E-state index contributed by atoms with van der Waals surface area (Å²) in [4.78, 5) is 17.8. The fourth-order valence-corrected chi connectivity index (χ4v) is 4.03. The third kappa shape index (κ3) is 5.42. The highest BCUT2D eigenvalue weighted by atomic mass is 32.1. The number of aromatic amines is 1. The molecule has 2 N–H and O–H groups in total. The number of benzene rings is 2. The minimum absolute atomic E-state index is 0.110. The zero-order valence-corrected chi connectivity index (χ0v) is 18.4. The van der Waals surface area contributed by atoms with Crippen LogP contribution in [-0.4, -0.2) is 41.4 Å². The molecule has 1 unspecified atom stereocenters. The summed E-state index contributed by atoms with van der Waals surface area (Å²) in [5.74, 6) is 0.752. The molecule has 2 heterocycles. The third-order valence-corrected chi connectivity index (χ3v) is 5.91. The van der Waals surface area contributed by atoms with E-state index in [-0.39, 0.29) is 11.7 Å². The topological polar surface area (TPSA) is 66.6 Å².